The molecule has 0 bridgehead atoms. The quantitative estimate of drug-likeness (QED) is 0.869. The fourth-order valence-corrected chi connectivity index (χ4v) is 4.20. The van der Waals surface area contributed by atoms with Crippen molar-refractivity contribution in [3.8, 4) is 5.75 Å². The molecular formula is C14H21NO4S. The van der Waals surface area contributed by atoms with E-state index in [0.717, 1.165) is 25.7 Å². The van der Waals surface area contributed by atoms with Crippen molar-refractivity contribution in [1.29, 1.82) is 0 Å². The molecule has 1 aliphatic carbocycles. The van der Waals surface area contributed by atoms with E-state index in [2.05, 4.69) is 4.72 Å². The van der Waals surface area contributed by atoms with Crippen molar-refractivity contribution in [2.24, 2.45) is 0 Å². The summed E-state index contributed by atoms with van der Waals surface area (Å²) >= 11 is 0. The second-order valence-electron chi connectivity index (χ2n) is 5.51. The molecule has 0 spiro atoms. The molecule has 0 unspecified atom stereocenters. The lowest BCUT2D eigenvalue weighted by Gasteiger charge is -2.25. The molecule has 0 radical (unpaired) electrons. The van der Waals surface area contributed by atoms with Crippen LogP contribution < -0.4 is 9.46 Å². The molecule has 0 heterocycles. The fraction of sp³-hybridized carbons (Fsp3) is 0.571. The first-order valence-corrected chi connectivity index (χ1v) is 8.20. The van der Waals surface area contributed by atoms with Gasteiger partial charge in [0, 0.05) is 11.1 Å². The molecule has 1 aliphatic rings. The van der Waals surface area contributed by atoms with Crippen LogP contribution in [0.1, 0.15) is 38.2 Å². The maximum Gasteiger partial charge on any atom is 0.241 e. The Morgan fingerprint density at radius 2 is 2.00 bits per heavy atom. The minimum Gasteiger partial charge on any atom is -0.496 e. The SMILES string of the molecule is COc1ccc(S(=O)(=O)NC2(C)CCCC2)cc1CO. The number of hydrogen-bond donors (Lipinski definition) is 2. The van der Waals surface area contributed by atoms with Gasteiger partial charge in [-0.2, -0.15) is 0 Å². The van der Waals surface area contributed by atoms with E-state index in [1.54, 1.807) is 6.07 Å². The third-order valence-electron chi connectivity index (χ3n) is 3.82. The summed E-state index contributed by atoms with van der Waals surface area (Å²) in [5.74, 6) is 0.485. The van der Waals surface area contributed by atoms with Gasteiger partial charge in [-0.1, -0.05) is 12.8 Å². The topological polar surface area (TPSA) is 75.6 Å². The predicted octanol–water partition coefficient (Wildman–Crippen LogP) is 1.80. The Kier molecular flexibility index (Phi) is 4.36. The highest BCUT2D eigenvalue weighted by atomic mass is 32.2. The summed E-state index contributed by atoms with van der Waals surface area (Å²) < 4.78 is 32.7. The Labute approximate surface area is 120 Å². The van der Waals surface area contributed by atoms with Gasteiger partial charge in [0.15, 0.2) is 0 Å². The van der Waals surface area contributed by atoms with Crippen molar-refractivity contribution in [3.63, 3.8) is 0 Å². The van der Waals surface area contributed by atoms with E-state index in [1.165, 1.54) is 19.2 Å². The van der Waals surface area contributed by atoms with E-state index in [4.69, 9.17) is 4.74 Å². The number of hydrogen-bond acceptors (Lipinski definition) is 4. The zero-order valence-electron chi connectivity index (χ0n) is 11.8. The first kappa shape index (κ1) is 15.3. The monoisotopic (exact) mass is 299 g/mol. The van der Waals surface area contributed by atoms with Crippen LogP contribution in [-0.4, -0.2) is 26.2 Å². The van der Waals surface area contributed by atoms with E-state index in [-0.39, 0.29) is 17.0 Å². The molecule has 20 heavy (non-hydrogen) atoms. The first-order chi connectivity index (χ1) is 9.40. The number of sulfonamides is 1. The smallest absolute Gasteiger partial charge is 0.241 e. The Morgan fingerprint density at radius 3 is 2.55 bits per heavy atom. The van der Waals surface area contributed by atoms with Crippen LogP contribution in [0.4, 0.5) is 0 Å². The van der Waals surface area contributed by atoms with Crippen molar-refractivity contribution in [3.05, 3.63) is 23.8 Å². The average Bonchev–Trinajstić information content (AvgIpc) is 2.83. The molecule has 0 aromatic heterocycles. The lowest BCUT2D eigenvalue weighted by Crippen LogP contribution is -2.43. The van der Waals surface area contributed by atoms with Gasteiger partial charge in [-0.15, -0.1) is 0 Å². The highest BCUT2D eigenvalue weighted by molar-refractivity contribution is 7.89. The molecule has 0 aliphatic heterocycles. The Balaban J connectivity index is 2.29. The minimum atomic E-state index is -3.58. The maximum absolute atomic E-state index is 12.4. The molecule has 112 valence electrons. The molecule has 6 heteroatoms. The Hall–Kier alpha value is -1.11. The van der Waals surface area contributed by atoms with Crippen molar-refractivity contribution in [1.82, 2.24) is 4.72 Å². The summed E-state index contributed by atoms with van der Waals surface area (Å²) in [5.41, 5.74) is 0.102. The summed E-state index contributed by atoms with van der Waals surface area (Å²) in [6.45, 7) is 1.68. The predicted molar refractivity (Wildman–Crippen MR) is 76.1 cm³/mol. The number of rotatable bonds is 5. The van der Waals surface area contributed by atoms with Gasteiger partial charge >= 0.3 is 0 Å². The van der Waals surface area contributed by atoms with Crippen molar-refractivity contribution < 1.29 is 18.3 Å². The zero-order valence-corrected chi connectivity index (χ0v) is 12.7. The van der Waals surface area contributed by atoms with Crippen LogP contribution in [-0.2, 0) is 16.6 Å². The molecule has 5 nitrogen and oxygen atoms in total. The van der Waals surface area contributed by atoms with Crippen LogP contribution in [0.25, 0.3) is 0 Å². The minimum absolute atomic E-state index is 0.162. The number of ether oxygens (including phenoxy) is 1. The highest BCUT2D eigenvalue weighted by Crippen LogP contribution is 2.31. The Morgan fingerprint density at radius 1 is 1.35 bits per heavy atom. The number of benzene rings is 1. The van der Waals surface area contributed by atoms with Gasteiger partial charge in [-0.05, 0) is 38.0 Å². The van der Waals surface area contributed by atoms with Gasteiger partial charge in [0.05, 0.1) is 18.6 Å². The number of nitrogens with one attached hydrogen (secondary N) is 1. The summed E-state index contributed by atoms with van der Waals surface area (Å²) in [4.78, 5) is 0.162. The average molecular weight is 299 g/mol. The molecule has 2 rings (SSSR count). The van der Waals surface area contributed by atoms with Crippen LogP contribution in [0.3, 0.4) is 0 Å². The van der Waals surface area contributed by atoms with Crippen molar-refractivity contribution >= 4 is 10.0 Å². The Bertz CT molecular complexity index is 577. The number of methoxy groups -OCH3 is 1. The van der Waals surface area contributed by atoms with Gasteiger partial charge in [0.1, 0.15) is 5.75 Å². The highest BCUT2D eigenvalue weighted by Gasteiger charge is 2.33. The number of aliphatic hydroxyl groups excluding tert-OH is 1. The van der Waals surface area contributed by atoms with Gasteiger partial charge in [-0.25, -0.2) is 13.1 Å². The van der Waals surface area contributed by atoms with E-state index >= 15 is 0 Å². The fourth-order valence-electron chi connectivity index (χ4n) is 2.69. The summed E-state index contributed by atoms with van der Waals surface area (Å²) in [7, 11) is -2.09. The largest absolute Gasteiger partial charge is 0.496 e. The van der Waals surface area contributed by atoms with Crippen LogP contribution in [0, 0.1) is 0 Å². The third kappa shape index (κ3) is 3.13. The van der Waals surface area contributed by atoms with E-state index < -0.39 is 10.0 Å². The number of aliphatic hydroxyl groups is 1. The van der Waals surface area contributed by atoms with Gasteiger partial charge in [-0.3, -0.25) is 0 Å². The van der Waals surface area contributed by atoms with Crippen molar-refractivity contribution in [2.45, 2.75) is 49.6 Å². The summed E-state index contributed by atoms with van der Waals surface area (Å²) in [6, 6.07) is 4.52. The summed E-state index contributed by atoms with van der Waals surface area (Å²) in [5, 5.41) is 9.28. The van der Waals surface area contributed by atoms with Crippen LogP contribution in [0.15, 0.2) is 23.1 Å². The second-order valence-corrected chi connectivity index (χ2v) is 7.19. The maximum atomic E-state index is 12.4. The molecule has 1 saturated carbocycles. The molecular weight excluding hydrogens is 278 g/mol. The molecule has 1 aromatic carbocycles. The van der Waals surface area contributed by atoms with Crippen LogP contribution in [0.5, 0.6) is 5.75 Å². The standard InChI is InChI=1S/C14H21NO4S/c1-14(7-3-4-8-14)15-20(17,18)12-5-6-13(19-2)11(9-12)10-16/h5-6,9,15-16H,3-4,7-8,10H2,1-2H3. The van der Waals surface area contributed by atoms with Gasteiger partial charge < -0.3 is 9.84 Å². The van der Waals surface area contributed by atoms with E-state index in [1.807, 2.05) is 6.92 Å². The van der Waals surface area contributed by atoms with E-state index in [9.17, 15) is 13.5 Å². The van der Waals surface area contributed by atoms with Gasteiger partial charge in [0.25, 0.3) is 0 Å². The van der Waals surface area contributed by atoms with E-state index in [0.29, 0.717) is 11.3 Å². The third-order valence-corrected chi connectivity index (χ3v) is 5.46. The zero-order chi connectivity index (χ0) is 14.8. The molecule has 2 N–H and O–H groups in total. The van der Waals surface area contributed by atoms with Crippen LogP contribution >= 0.6 is 0 Å². The lowest BCUT2D eigenvalue weighted by molar-refractivity contribution is 0.273. The molecule has 0 amide bonds. The second kappa shape index (κ2) is 5.71. The summed E-state index contributed by atoms with van der Waals surface area (Å²) in [6.07, 6.45) is 3.80. The van der Waals surface area contributed by atoms with Crippen LogP contribution in [0.2, 0.25) is 0 Å². The molecule has 0 atom stereocenters. The first-order valence-electron chi connectivity index (χ1n) is 6.72. The normalized spacial score (nSPS) is 18.1. The molecule has 1 fully saturated rings. The molecule has 1 aromatic rings. The van der Waals surface area contributed by atoms with Crippen molar-refractivity contribution in [2.75, 3.05) is 7.11 Å². The van der Waals surface area contributed by atoms with Gasteiger partial charge in [0.2, 0.25) is 10.0 Å². The lowest BCUT2D eigenvalue weighted by atomic mass is 10.0. The molecule has 0 saturated heterocycles.